The summed E-state index contributed by atoms with van der Waals surface area (Å²) in [6.07, 6.45) is -3.58. The molecule has 3 rings (SSSR count). The predicted octanol–water partition coefficient (Wildman–Crippen LogP) is 1.67. The summed E-state index contributed by atoms with van der Waals surface area (Å²) in [5, 5.41) is 3.33. The van der Waals surface area contributed by atoms with E-state index in [0.717, 1.165) is 18.6 Å². The average molecular weight is 285 g/mol. The molecular formula is C13H14F3N3O. The maximum absolute atomic E-state index is 12.8. The van der Waals surface area contributed by atoms with Gasteiger partial charge in [0.25, 0.3) is 5.91 Å². The third kappa shape index (κ3) is 2.06. The molecular weight excluding hydrogens is 271 g/mol. The van der Waals surface area contributed by atoms with Gasteiger partial charge in [-0.05, 0) is 29.7 Å². The smallest absolute Gasteiger partial charge is 0.316 e. The second-order valence-electron chi connectivity index (χ2n) is 5.09. The van der Waals surface area contributed by atoms with Crippen molar-refractivity contribution in [3.05, 3.63) is 34.9 Å². The van der Waals surface area contributed by atoms with Gasteiger partial charge < -0.3 is 5.73 Å². The van der Waals surface area contributed by atoms with Crippen molar-refractivity contribution in [1.82, 2.24) is 10.0 Å². The van der Waals surface area contributed by atoms with E-state index in [1.807, 2.05) is 0 Å². The number of hydrogen-bond donors (Lipinski definition) is 1. The highest BCUT2D eigenvalue weighted by molar-refractivity contribution is 5.83. The lowest BCUT2D eigenvalue weighted by molar-refractivity contribution is -0.145. The molecule has 0 aromatic heterocycles. The topological polar surface area (TPSA) is 49.6 Å². The highest BCUT2D eigenvalue weighted by Crippen LogP contribution is 2.34. The first-order valence-electron chi connectivity index (χ1n) is 6.40. The van der Waals surface area contributed by atoms with Crippen LogP contribution in [0.25, 0.3) is 0 Å². The molecule has 0 radical (unpaired) electrons. The monoisotopic (exact) mass is 285 g/mol. The Morgan fingerprint density at radius 2 is 2.00 bits per heavy atom. The Balaban J connectivity index is 2.06. The molecule has 1 saturated heterocycles. The second kappa shape index (κ2) is 4.46. The number of carbonyl (C=O) groups excluding carboxylic acids is 1. The number of halogens is 3. The Labute approximate surface area is 113 Å². The van der Waals surface area contributed by atoms with Crippen LogP contribution in [0.2, 0.25) is 0 Å². The Morgan fingerprint density at radius 1 is 1.25 bits per heavy atom. The van der Waals surface area contributed by atoms with Crippen molar-refractivity contribution in [2.24, 2.45) is 5.73 Å². The lowest BCUT2D eigenvalue weighted by Crippen LogP contribution is -2.42. The molecule has 1 atom stereocenters. The average Bonchev–Trinajstić information content (AvgIpc) is 2.80. The summed E-state index contributed by atoms with van der Waals surface area (Å²) in [7, 11) is 0. The van der Waals surface area contributed by atoms with E-state index in [4.69, 9.17) is 5.73 Å². The van der Waals surface area contributed by atoms with E-state index >= 15 is 0 Å². The van der Waals surface area contributed by atoms with Crippen molar-refractivity contribution in [3.63, 3.8) is 0 Å². The van der Waals surface area contributed by atoms with Gasteiger partial charge in [-0.3, -0.25) is 9.80 Å². The Bertz CT molecular complexity index is 558. The summed E-state index contributed by atoms with van der Waals surface area (Å²) >= 11 is 0. The van der Waals surface area contributed by atoms with Crippen molar-refractivity contribution in [2.75, 3.05) is 13.1 Å². The molecule has 1 amide bonds. The Kier molecular flexibility index (Phi) is 2.98. The molecule has 0 aliphatic carbocycles. The minimum absolute atomic E-state index is 0.249. The van der Waals surface area contributed by atoms with Crippen molar-refractivity contribution in [1.29, 1.82) is 0 Å². The SMILES string of the molecule is NC1C(=O)N2CCCN2Cc2cc(C(F)(F)F)ccc21. The van der Waals surface area contributed by atoms with Crippen LogP contribution in [0.5, 0.6) is 0 Å². The fraction of sp³-hybridized carbons (Fsp3) is 0.462. The van der Waals surface area contributed by atoms with Crippen LogP contribution in [0.4, 0.5) is 13.2 Å². The number of benzene rings is 1. The third-order valence-corrected chi connectivity index (χ3v) is 3.81. The second-order valence-corrected chi connectivity index (χ2v) is 5.09. The standard InChI is InChI=1S/C13H14F3N3O/c14-13(15,16)9-2-3-10-8(6-9)7-18-4-1-5-19(18)12(20)11(10)17/h2-3,6,11H,1,4-5,7,17H2. The van der Waals surface area contributed by atoms with Crippen LogP contribution in [-0.4, -0.2) is 29.0 Å². The fourth-order valence-electron chi connectivity index (χ4n) is 2.79. The normalized spacial score (nSPS) is 23.5. The van der Waals surface area contributed by atoms with E-state index in [9.17, 15) is 18.0 Å². The number of nitrogens with zero attached hydrogens (tertiary/aromatic N) is 2. The van der Waals surface area contributed by atoms with Crippen LogP contribution in [0.3, 0.4) is 0 Å². The van der Waals surface area contributed by atoms with Gasteiger partial charge in [0.15, 0.2) is 0 Å². The van der Waals surface area contributed by atoms with Gasteiger partial charge in [0.2, 0.25) is 0 Å². The molecule has 2 N–H and O–H groups in total. The van der Waals surface area contributed by atoms with E-state index in [1.165, 1.54) is 6.07 Å². The first kappa shape index (κ1) is 13.4. The van der Waals surface area contributed by atoms with E-state index < -0.39 is 17.8 Å². The number of carbonyl (C=O) groups is 1. The first-order valence-corrected chi connectivity index (χ1v) is 6.40. The number of hydrogen-bond acceptors (Lipinski definition) is 3. The molecule has 1 aromatic rings. The highest BCUT2D eigenvalue weighted by atomic mass is 19.4. The van der Waals surface area contributed by atoms with Crippen molar-refractivity contribution < 1.29 is 18.0 Å². The molecule has 20 heavy (non-hydrogen) atoms. The number of amides is 1. The molecule has 7 heteroatoms. The summed E-state index contributed by atoms with van der Waals surface area (Å²) in [4.78, 5) is 12.2. The van der Waals surface area contributed by atoms with Gasteiger partial charge in [-0.1, -0.05) is 6.07 Å². The van der Waals surface area contributed by atoms with Gasteiger partial charge in [0.05, 0.1) is 5.56 Å². The quantitative estimate of drug-likeness (QED) is 0.789. The Hall–Kier alpha value is -1.60. The molecule has 0 spiro atoms. The van der Waals surface area contributed by atoms with E-state index in [1.54, 1.807) is 10.0 Å². The largest absolute Gasteiger partial charge is 0.416 e. The first-order chi connectivity index (χ1) is 9.38. The van der Waals surface area contributed by atoms with Crippen LogP contribution < -0.4 is 5.73 Å². The predicted molar refractivity (Wildman–Crippen MR) is 65.1 cm³/mol. The molecule has 4 nitrogen and oxygen atoms in total. The molecule has 108 valence electrons. The molecule has 1 fully saturated rings. The van der Waals surface area contributed by atoms with Gasteiger partial charge in [-0.25, -0.2) is 5.01 Å². The maximum atomic E-state index is 12.8. The van der Waals surface area contributed by atoms with Crippen LogP contribution in [0.1, 0.15) is 29.2 Å². The van der Waals surface area contributed by atoms with Crippen LogP contribution >= 0.6 is 0 Å². The number of alkyl halides is 3. The zero-order chi connectivity index (χ0) is 14.5. The summed E-state index contributed by atoms with van der Waals surface area (Å²) < 4.78 is 38.3. The third-order valence-electron chi connectivity index (χ3n) is 3.81. The van der Waals surface area contributed by atoms with E-state index in [2.05, 4.69) is 0 Å². The summed E-state index contributed by atoms with van der Waals surface area (Å²) in [5.41, 5.74) is 6.16. The Morgan fingerprint density at radius 3 is 2.70 bits per heavy atom. The van der Waals surface area contributed by atoms with E-state index in [-0.39, 0.29) is 5.91 Å². The van der Waals surface area contributed by atoms with Gasteiger partial charge in [0, 0.05) is 19.6 Å². The molecule has 1 aromatic carbocycles. The summed E-state index contributed by atoms with van der Waals surface area (Å²) in [6, 6.07) is 2.52. The zero-order valence-electron chi connectivity index (χ0n) is 10.7. The van der Waals surface area contributed by atoms with Crippen LogP contribution in [0.15, 0.2) is 18.2 Å². The number of fused-ring (bicyclic) bond motifs is 2. The molecule has 2 aliphatic heterocycles. The van der Waals surface area contributed by atoms with Gasteiger partial charge in [0.1, 0.15) is 6.04 Å². The number of rotatable bonds is 0. The summed E-state index contributed by atoms with van der Waals surface area (Å²) in [6.45, 7) is 1.53. The zero-order valence-corrected chi connectivity index (χ0v) is 10.7. The lowest BCUT2D eigenvalue weighted by atomic mass is 9.98. The van der Waals surface area contributed by atoms with Crippen molar-refractivity contribution >= 4 is 5.91 Å². The number of nitrogens with two attached hydrogens (primary N) is 1. The fourth-order valence-corrected chi connectivity index (χ4v) is 2.79. The lowest BCUT2D eigenvalue weighted by Gasteiger charge is -2.26. The molecule has 0 saturated carbocycles. The molecule has 2 aliphatic rings. The molecule has 1 unspecified atom stereocenters. The van der Waals surface area contributed by atoms with Crippen LogP contribution in [0, 0.1) is 0 Å². The molecule has 2 heterocycles. The van der Waals surface area contributed by atoms with Crippen molar-refractivity contribution in [2.45, 2.75) is 25.2 Å². The van der Waals surface area contributed by atoms with Crippen LogP contribution in [-0.2, 0) is 17.5 Å². The number of hydrazine groups is 1. The highest BCUT2D eigenvalue weighted by Gasteiger charge is 2.37. The molecule has 0 bridgehead atoms. The minimum atomic E-state index is -4.39. The van der Waals surface area contributed by atoms with Gasteiger partial charge in [-0.2, -0.15) is 13.2 Å². The van der Waals surface area contributed by atoms with Crippen molar-refractivity contribution in [3.8, 4) is 0 Å². The van der Waals surface area contributed by atoms with E-state index in [0.29, 0.717) is 30.8 Å². The minimum Gasteiger partial charge on any atom is -0.316 e. The summed E-state index contributed by atoms with van der Waals surface area (Å²) in [5.74, 6) is -0.249. The maximum Gasteiger partial charge on any atom is 0.416 e. The van der Waals surface area contributed by atoms with Gasteiger partial charge in [-0.15, -0.1) is 0 Å². The van der Waals surface area contributed by atoms with Gasteiger partial charge >= 0.3 is 6.18 Å².